The third kappa shape index (κ3) is 4.27. The monoisotopic (exact) mass is 340 g/mol. The van der Waals surface area contributed by atoms with Crippen molar-refractivity contribution in [3.05, 3.63) is 71.8 Å². The van der Waals surface area contributed by atoms with Crippen LogP contribution >= 0.6 is 0 Å². The summed E-state index contributed by atoms with van der Waals surface area (Å²) in [5.41, 5.74) is 1.65. The minimum atomic E-state index is -1.58. The van der Waals surface area contributed by atoms with Gasteiger partial charge in [-0.1, -0.05) is 67.1 Å². The fourth-order valence-electron chi connectivity index (χ4n) is 3.50. The van der Waals surface area contributed by atoms with E-state index in [2.05, 4.69) is 0 Å². The number of carbonyl (C=O) groups excluding carboxylic acids is 1. The highest BCUT2D eigenvalue weighted by Gasteiger charge is 2.34. The summed E-state index contributed by atoms with van der Waals surface area (Å²) in [7, 11) is 0. The van der Waals surface area contributed by atoms with E-state index in [0.29, 0.717) is 5.56 Å². The second-order valence-corrected chi connectivity index (χ2v) is 6.58. The molecule has 1 aliphatic rings. The first kappa shape index (κ1) is 17.6. The SMILES string of the molecule is O=C(O[C@@H]1CCCC[C@H]1c1ccccc1)[C@H](O)[C@@H](O)c1ccccc1. The predicted molar refractivity (Wildman–Crippen MR) is 94.9 cm³/mol. The van der Waals surface area contributed by atoms with Crippen molar-refractivity contribution in [3.8, 4) is 0 Å². The third-order valence-corrected chi connectivity index (χ3v) is 4.88. The molecule has 25 heavy (non-hydrogen) atoms. The molecular formula is C21H24O4. The highest BCUT2D eigenvalue weighted by atomic mass is 16.6. The van der Waals surface area contributed by atoms with Crippen LogP contribution in [0, 0.1) is 0 Å². The Hall–Kier alpha value is -2.17. The van der Waals surface area contributed by atoms with Crippen LogP contribution in [0.1, 0.15) is 48.8 Å². The van der Waals surface area contributed by atoms with E-state index in [1.54, 1.807) is 24.3 Å². The zero-order valence-corrected chi connectivity index (χ0v) is 14.1. The zero-order valence-electron chi connectivity index (χ0n) is 14.1. The summed E-state index contributed by atoms with van der Waals surface area (Å²) in [4.78, 5) is 12.4. The molecule has 4 atom stereocenters. The molecule has 2 aromatic carbocycles. The summed E-state index contributed by atoms with van der Waals surface area (Å²) < 4.78 is 5.61. The van der Waals surface area contributed by atoms with Crippen LogP contribution in [0.5, 0.6) is 0 Å². The fraction of sp³-hybridized carbons (Fsp3) is 0.381. The molecule has 0 aliphatic heterocycles. The van der Waals surface area contributed by atoms with Gasteiger partial charge in [0.05, 0.1) is 0 Å². The Morgan fingerprint density at radius 3 is 2.20 bits per heavy atom. The highest BCUT2D eigenvalue weighted by Crippen LogP contribution is 2.35. The Kier molecular flexibility index (Phi) is 5.84. The van der Waals surface area contributed by atoms with E-state index < -0.39 is 18.2 Å². The lowest BCUT2D eigenvalue weighted by molar-refractivity contribution is -0.168. The Balaban J connectivity index is 1.68. The van der Waals surface area contributed by atoms with Gasteiger partial charge in [0.1, 0.15) is 12.2 Å². The number of aliphatic hydroxyl groups excluding tert-OH is 2. The molecule has 132 valence electrons. The zero-order chi connectivity index (χ0) is 17.6. The van der Waals surface area contributed by atoms with E-state index >= 15 is 0 Å². The van der Waals surface area contributed by atoms with Crippen molar-refractivity contribution in [3.63, 3.8) is 0 Å². The number of carbonyl (C=O) groups is 1. The first-order valence-electron chi connectivity index (χ1n) is 8.83. The van der Waals surface area contributed by atoms with Gasteiger partial charge in [-0.05, 0) is 30.4 Å². The van der Waals surface area contributed by atoms with Crippen LogP contribution in [0.25, 0.3) is 0 Å². The number of aliphatic hydroxyl groups is 2. The molecule has 0 aromatic heterocycles. The second kappa shape index (κ2) is 8.28. The summed E-state index contributed by atoms with van der Waals surface area (Å²) in [6.45, 7) is 0. The molecule has 0 spiro atoms. The van der Waals surface area contributed by atoms with E-state index in [0.717, 1.165) is 31.2 Å². The number of rotatable bonds is 5. The van der Waals surface area contributed by atoms with Crippen LogP contribution in [0.15, 0.2) is 60.7 Å². The number of ether oxygens (including phenoxy) is 1. The standard InChI is InChI=1S/C21H24O4/c22-19(16-11-5-2-6-12-16)20(23)21(24)25-18-14-8-7-13-17(18)15-9-3-1-4-10-15/h1-6,9-12,17-20,22-23H,7-8,13-14H2/t17-,18+,19-,20+/m0/s1. The van der Waals surface area contributed by atoms with Gasteiger partial charge in [-0.3, -0.25) is 0 Å². The summed E-state index contributed by atoms with van der Waals surface area (Å²) in [5, 5.41) is 20.4. The summed E-state index contributed by atoms with van der Waals surface area (Å²) in [6.07, 6.45) is 0.703. The Bertz CT molecular complexity index is 671. The van der Waals surface area contributed by atoms with Gasteiger partial charge < -0.3 is 14.9 Å². The Labute approximate surface area is 148 Å². The van der Waals surface area contributed by atoms with Crippen molar-refractivity contribution in [1.29, 1.82) is 0 Å². The van der Waals surface area contributed by atoms with E-state index in [-0.39, 0.29) is 12.0 Å². The van der Waals surface area contributed by atoms with Gasteiger partial charge in [0.2, 0.25) is 0 Å². The lowest BCUT2D eigenvalue weighted by Gasteiger charge is -2.32. The lowest BCUT2D eigenvalue weighted by Crippen LogP contribution is -2.36. The average molecular weight is 340 g/mol. The van der Waals surface area contributed by atoms with Crippen molar-refractivity contribution < 1.29 is 19.7 Å². The van der Waals surface area contributed by atoms with Crippen molar-refractivity contribution in [2.75, 3.05) is 0 Å². The molecule has 2 aromatic rings. The topological polar surface area (TPSA) is 66.8 Å². The van der Waals surface area contributed by atoms with Crippen LogP contribution in [0.3, 0.4) is 0 Å². The molecule has 4 heteroatoms. The minimum Gasteiger partial charge on any atom is -0.460 e. The van der Waals surface area contributed by atoms with Crippen LogP contribution in [-0.2, 0) is 9.53 Å². The lowest BCUT2D eigenvalue weighted by atomic mass is 9.81. The van der Waals surface area contributed by atoms with Crippen molar-refractivity contribution in [2.45, 2.75) is 49.9 Å². The predicted octanol–water partition coefficient (Wildman–Crippen LogP) is 3.35. The molecule has 1 aliphatic carbocycles. The number of hydrogen-bond donors (Lipinski definition) is 2. The summed E-state index contributed by atoms with van der Waals surface area (Å²) >= 11 is 0. The molecule has 0 saturated heterocycles. The van der Waals surface area contributed by atoms with E-state index in [4.69, 9.17) is 4.74 Å². The molecule has 1 saturated carbocycles. The Morgan fingerprint density at radius 1 is 0.920 bits per heavy atom. The molecular weight excluding hydrogens is 316 g/mol. The smallest absolute Gasteiger partial charge is 0.338 e. The largest absolute Gasteiger partial charge is 0.460 e. The number of esters is 1. The summed E-state index contributed by atoms with van der Waals surface area (Å²) in [6, 6.07) is 18.7. The molecule has 0 amide bonds. The van der Waals surface area contributed by atoms with Crippen LogP contribution < -0.4 is 0 Å². The van der Waals surface area contributed by atoms with Gasteiger partial charge in [0.25, 0.3) is 0 Å². The van der Waals surface area contributed by atoms with Crippen LogP contribution in [0.4, 0.5) is 0 Å². The minimum absolute atomic E-state index is 0.139. The fourth-order valence-corrected chi connectivity index (χ4v) is 3.50. The molecule has 1 fully saturated rings. The van der Waals surface area contributed by atoms with E-state index in [1.807, 2.05) is 36.4 Å². The second-order valence-electron chi connectivity index (χ2n) is 6.58. The Morgan fingerprint density at radius 2 is 1.52 bits per heavy atom. The first-order valence-corrected chi connectivity index (χ1v) is 8.83. The quantitative estimate of drug-likeness (QED) is 0.819. The molecule has 0 unspecified atom stereocenters. The number of hydrogen-bond acceptors (Lipinski definition) is 4. The van der Waals surface area contributed by atoms with Gasteiger partial charge in [-0.2, -0.15) is 0 Å². The van der Waals surface area contributed by atoms with Crippen molar-refractivity contribution in [2.24, 2.45) is 0 Å². The molecule has 0 radical (unpaired) electrons. The first-order chi connectivity index (χ1) is 12.2. The van der Waals surface area contributed by atoms with Crippen LogP contribution in [0.2, 0.25) is 0 Å². The van der Waals surface area contributed by atoms with Gasteiger partial charge in [-0.15, -0.1) is 0 Å². The molecule has 2 N–H and O–H groups in total. The van der Waals surface area contributed by atoms with E-state index in [9.17, 15) is 15.0 Å². The highest BCUT2D eigenvalue weighted by molar-refractivity contribution is 5.75. The number of benzene rings is 2. The average Bonchev–Trinajstić information content (AvgIpc) is 2.68. The van der Waals surface area contributed by atoms with Crippen LogP contribution in [-0.4, -0.2) is 28.4 Å². The van der Waals surface area contributed by atoms with Gasteiger partial charge in [0.15, 0.2) is 6.10 Å². The normalized spacial score (nSPS) is 22.8. The molecule has 4 nitrogen and oxygen atoms in total. The van der Waals surface area contributed by atoms with Gasteiger partial charge >= 0.3 is 5.97 Å². The van der Waals surface area contributed by atoms with Crippen molar-refractivity contribution >= 4 is 5.97 Å². The van der Waals surface area contributed by atoms with E-state index in [1.165, 1.54) is 0 Å². The third-order valence-electron chi connectivity index (χ3n) is 4.88. The molecule has 3 rings (SSSR count). The molecule has 0 heterocycles. The van der Waals surface area contributed by atoms with Crippen molar-refractivity contribution in [1.82, 2.24) is 0 Å². The maximum Gasteiger partial charge on any atom is 0.338 e. The van der Waals surface area contributed by atoms with Gasteiger partial charge in [-0.25, -0.2) is 4.79 Å². The maximum absolute atomic E-state index is 12.4. The maximum atomic E-state index is 12.4. The summed E-state index contributed by atoms with van der Waals surface area (Å²) in [5.74, 6) is -0.621. The van der Waals surface area contributed by atoms with Gasteiger partial charge in [0, 0.05) is 5.92 Å². The molecule has 0 bridgehead atoms.